The fourth-order valence-corrected chi connectivity index (χ4v) is 1.76. The van der Waals surface area contributed by atoms with Crippen LogP contribution in [0.2, 0.25) is 5.02 Å². The van der Waals surface area contributed by atoms with Gasteiger partial charge in [-0.25, -0.2) is 9.18 Å². The van der Waals surface area contributed by atoms with Crippen LogP contribution in [-0.2, 0) is 11.3 Å². The second-order valence-corrected chi connectivity index (χ2v) is 4.70. The summed E-state index contributed by atoms with van der Waals surface area (Å²) in [7, 11) is 0. The number of amides is 3. The van der Waals surface area contributed by atoms with E-state index < -0.39 is 17.8 Å². The van der Waals surface area contributed by atoms with Crippen LogP contribution in [-0.4, -0.2) is 18.5 Å². The second kappa shape index (κ2) is 7.46. The second-order valence-electron chi connectivity index (χ2n) is 4.29. The molecule has 1 aromatic heterocycles. The predicted octanol–water partition coefficient (Wildman–Crippen LogP) is 2.51. The number of hydrogen-bond donors (Lipinski definition) is 3. The van der Waals surface area contributed by atoms with E-state index in [0.29, 0.717) is 11.4 Å². The zero-order valence-electron chi connectivity index (χ0n) is 11.4. The Morgan fingerprint density at radius 2 is 2.09 bits per heavy atom. The molecule has 116 valence electrons. The molecule has 3 amide bonds. The molecule has 0 spiro atoms. The number of imide groups is 1. The molecule has 0 fully saturated rings. The number of urea groups is 1. The van der Waals surface area contributed by atoms with E-state index in [4.69, 9.17) is 16.0 Å². The number of benzene rings is 1. The van der Waals surface area contributed by atoms with E-state index in [0.717, 1.165) is 0 Å². The third-order valence-corrected chi connectivity index (χ3v) is 2.92. The minimum Gasteiger partial charge on any atom is -0.467 e. The zero-order valence-corrected chi connectivity index (χ0v) is 12.1. The molecule has 0 saturated heterocycles. The van der Waals surface area contributed by atoms with Crippen molar-refractivity contribution in [1.82, 2.24) is 10.6 Å². The van der Waals surface area contributed by atoms with Crippen LogP contribution in [0.15, 0.2) is 41.0 Å². The van der Waals surface area contributed by atoms with Crippen LogP contribution in [0.4, 0.5) is 14.9 Å². The minimum absolute atomic E-state index is 0.0541. The highest BCUT2D eigenvalue weighted by molar-refractivity contribution is 6.31. The van der Waals surface area contributed by atoms with Gasteiger partial charge >= 0.3 is 6.03 Å². The number of nitrogens with one attached hydrogen (secondary N) is 3. The van der Waals surface area contributed by atoms with E-state index in [9.17, 15) is 14.0 Å². The molecule has 0 bridgehead atoms. The smallest absolute Gasteiger partial charge is 0.321 e. The average Bonchev–Trinajstić information content (AvgIpc) is 3.00. The van der Waals surface area contributed by atoms with Crippen LogP contribution < -0.4 is 16.0 Å². The van der Waals surface area contributed by atoms with Gasteiger partial charge in [-0.05, 0) is 30.3 Å². The van der Waals surface area contributed by atoms with E-state index in [1.165, 1.54) is 24.5 Å². The summed E-state index contributed by atoms with van der Waals surface area (Å²) >= 11 is 5.62. The fraction of sp³-hybridized carbons (Fsp3) is 0.143. The van der Waals surface area contributed by atoms with Gasteiger partial charge in [-0.15, -0.1) is 0 Å². The minimum atomic E-state index is -0.639. The van der Waals surface area contributed by atoms with Crippen molar-refractivity contribution in [2.45, 2.75) is 6.54 Å². The van der Waals surface area contributed by atoms with Gasteiger partial charge in [0, 0.05) is 5.69 Å². The van der Waals surface area contributed by atoms with E-state index >= 15 is 0 Å². The Labute approximate surface area is 130 Å². The maximum absolute atomic E-state index is 13.0. The lowest BCUT2D eigenvalue weighted by Gasteiger charge is -2.08. The monoisotopic (exact) mass is 325 g/mol. The van der Waals surface area contributed by atoms with Crippen molar-refractivity contribution in [3.63, 3.8) is 0 Å². The van der Waals surface area contributed by atoms with Gasteiger partial charge in [0.15, 0.2) is 0 Å². The van der Waals surface area contributed by atoms with Gasteiger partial charge in [0.25, 0.3) is 0 Å². The first kappa shape index (κ1) is 15.8. The summed E-state index contributed by atoms with van der Waals surface area (Å²) in [6, 6.07) is 6.71. The van der Waals surface area contributed by atoms with Crippen LogP contribution >= 0.6 is 11.6 Å². The Hall–Kier alpha value is -2.54. The summed E-state index contributed by atoms with van der Waals surface area (Å²) in [5, 5.41) is 7.28. The number of anilines is 1. The van der Waals surface area contributed by atoms with Gasteiger partial charge in [-0.1, -0.05) is 11.6 Å². The highest BCUT2D eigenvalue weighted by Gasteiger charge is 2.08. The molecule has 2 rings (SSSR count). The molecule has 0 unspecified atom stereocenters. The highest BCUT2D eigenvalue weighted by atomic mass is 35.5. The predicted molar refractivity (Wildman–Crippen MR) is 79.0 cm³/mol. The number of hydrogen-bond acceptors (Lipinski definition) is 4. The molecule has 0 aliphatic rings. The number of furan rings is 1. The number of rotatable bonds is 5. The molecule has 22 heavy (non-hydrogen) atoms. The standard InChI is InChI=1S/C14H13ClFN3O3/c15-11-6-9(3-4-12(11)16)17-8-13(20)19-14(21)18-7-10-2-1-5-22-10/h1-6,17H,7-8H2,(H2,18,19,20,21). The van der Waals surface area contributed by atoms with Crippen molar-refractivity contribution in [1.29, 1.82) is 0 Å². The fourth-order valence-electron chi connectivity index (χ4n) is 1.58. The van der Waals surface area contributed by atoms with Crippen LogP contribution in [0, 0.1) is 5.82 Å². The van der Waals surface area contributed by atoms with E-state index in [2.05, 4.69) is 16.0 Å². The Balaban J connectivity index is 1.72. The van der Waals surface area contributed by atoms with Gasteiger partial charge in [-0.2, -0.15) is 0 Å². The number of halogens is 2. The third-order valence-electron chi connectivity index (χ3n) is 2.63. The molecule has 0 atom stereocenters. The van der Waals surface area contributed by atoms with Crippen molar-refractivity contribution in [3.05, 3.63) is 53.2 Å². The summed E-state index contributed by atoms with van der Waals surface area (Å²) in [5.41, 5.74) is 0.470. The third kappa shape index (κ3) is 4.78. The quantitative estimate of drug-likeness (QED) is 0.788. The molecule has 8 heteroatoms. The summed E-state index contributed by atoms with van der Waals surface area (Å²) < 4.78 is 18.0. The van der Waals surface area contributed by atoms with Gasteiger partial charge in [0.2, 0.25) is 5.91 Å². The summed E-state index contributed by atoms with van der Waals surface area (Å²) in [5.74, 6) is -0.520. The number of carbonyl (C=O) groups excluding carboxylic acids is 2. The topological polar surface area (TPSA) is 83.4 Å². The Bertz CT molecular complexity index is 661. The zero-order chi connectivity index (χ0) is 15.9. The SMILES string of the molecule is O=C(CNc1ccc(F)c(Cl)c1)NC(=O)NCc1ccco1. The summed E-state index contributed by atoms with van der Waals surface area (Å²) in [6.45, 7) is 0.0171. The molecule has 1 aromatic carbocycles. The normalized spacial score (nSPS) is 10.1. The van der Waals surface area contributed by atoms with Crippen molar-refractivity contribution in [2.24, 2.45) is 0 Å². The molecule has 0 radical (unpaired) electrons. The Morgan fingerprint density at radius 1 is 1.27 bits per heavy atom. The molecule has 0 aliphatic heterocycles. The first-order valence-electron chi connectivity index (χ1n) is 6.33. The Kier molecular flexibility index (Phi) is 5.37. The van der Waals surface area contributed by atoms with Crippen LogP contribution in [0.1, 0.15) is 5.76 Å². The van der Waals surface area contributed by atoms with Gasteiger partial charge in [0.1, 0.15) is 11.6 Å². The first-order chi connectivity index (χ1) is 10.5. The lowest BCUT2D eigenvalue weighted by molar-refractivity contribution is -0.118. The molecule has 0 saturated carbocycles. The van der Waals surface area contributed by atoms with Crippen molar-refractivity contribution < 1.29 is 18.4 Å². The average molecular weight is 326 g/mol. The van der Waals surface area contributed by atoms with Crippen molar-refractivity contribution in [2.75, 3.05) is 11.9 Å². The summed E-state index contributed by atoms with van der Waals surface area (Å²) in [4.78, 5) is 23.1. The van der Waals surface area contributed by atoms with E-state index in [1.807, 2.05) is 0 Å². The molecule has 0 aliphatic carbocycles. The van der Waals surface area contributed by atoms with Crippen LogP contribution in [0.5, 0.6) is 0 Å². The molecule has 1 heterocycles. The van der Waals surface area contributed by atoms with Gasteiger partial charge in [0.05, 0.1) is 24.4 Å². The van der Waals surface area contributed by atoms with Gasteiger partial charge < -0.3 is 15.1 Å². The lowest BCUT2D eigenvalue weighted by Crippen LogP contribution is -2.41. The molecule has 3 N–H and O–H groups in total. The van der Waals surface area contributed by atoms with Crippen LogP contribution in [0.3, 0.4) is 0 Å². The van der Waals surface area contributed by atoms with E-state index in [1.54, 1.807) is 12.1 Å². The van der Waals surface area contributed by atoms with Gasteiger partial charge in [-0.3, -0.25) is 10.1 Å². The van der Waals surface area contributed by atoms with Crippen LogP contribution in [0.25, 0.3) is 0 Å². The maximum atomic E-state index is 13.0. The van der Waals surface area contributed by atoms with Crippen molar-refractivity contribution in [3.8, 4) is 0 Å². The van der Waals surface area contributed by atoms with E-state index in [-0.39, 0.29) is 18.1 Å². The summed E-state index contributed by atoms with van der Waals surface area (Å²) in [6.07, 6.45) is 1.48. The maximum Gasteiger partial charge on any atom is 0.321 e. The first-order valence-corrected chi connectivity index (χ1v) is 6.71. The molecule has 6 nitrogen and oxygen atoms in total. The molecular formula is C14H13ClFN3O3. The lowest BCUT2D eigenvalue weighted by atomic mass is 10.3. The molecule has 2 aromatic rings. The Morgan fingerprint density at radius 3 is 2.77 bits per heavy atom. The largest absolute Gasteiger partial charge is 0.467 e. The number of carbonyl (C=O) groups is 2. The van der Waals surface area contributed by atoms with Crippen molar-refractivity contribution >= 4 is 29.2 Å². The molecular weight excluding hydrogens is 313 g/mol. The highest BCUT2D eigenvalue weighted by Crippen LogP contribution is 2.18.